The van der Waals surface area contributed by atoms with Gasteiger partial charge in [0, 0.05) is 0 Å². The lowest BCUT2D eigenvalue weighted by atomic mass is 9.77. The molecule has 0 amide bonds. The van der Waals surface area contributed by atoms with Crippen LogP contribution in [0.25, 0.3) is 0 Å². The van der Waals surface area contributed by atoms with Crippen molar-refractivity contribution in [2.24, 2.45) is 11.8 Å². The van der Waals surface area contributed by atoms with Crippen LogP contribution in [-0.4, -0.2) is 0 Å². The molecule has 2 atom stereocenters. The second-order valence-electron chi connectivity index (χ2n) is 5.02. The van der Waals surface area contributed by atoms with E-state index >= 15 is 0 Å². The SMILES string of the molecule is C=C/C=C(C)/C=C/C1=C(C)CCC(C)C1C. The van der Waals surface area contributed by atoms with E-state index in [9.17, 15) is 0 Å². The molecule has 2 unspecified atom stereocenters. The standard InChI is InChI=1S/C16H24/c1-6-7-12(2)8-11-16-14(4)10-9-13(3)15(16)5/h6-8,11,13,15H,1,9-10H2,2-5H3/b11-8+,12-7+. The van der Waals surface area contributed by atoms with E-state index in [-0.39, 0.29) is 0 Å². The van der Waals surface area contributed by atoms with E-state index in [1.807, 2.05) is 12.2 Å². The van der Waals surface area contributed by atoms with E-state index in [0.29, 0.717) is 5.92 Å². The Morgan fingerprint density at radius 3 is 2.69 bits per heavy atom. The van der Waals surface area contributed by atoms with Crippen molar-refractivity contribution in [3.63, 3.8) is 0 Å². The van der Waals surface area contributed by atoms with Gasteiger partial charge in [0.2, 0.25) is 0 Å². The summed E-state index contributed by atoms with van der Waals surface area (Å²) in [5.41, 5.74) is 4.37. The molecular formula is C16H24. The molecule has 0 heterocycles. The Morgan fingerprint density at radius 2 is 2.06 bits per heavy atom. The summed E-state index contributed by atoms with van der Waals surface area (Å²) in [4.78, 5) is 0. The van der Waals surface area contributed by atoms with Gasteiger partial charge < -0.3 is 0 Å². The van der Waals surface area contributed by atoms with Crippen molar-refractivity contribution in [2.75, 3.05) is 0 Å². The van der Waals surface area contributed by atoms with E-state index in [4.69, 9.17) is 0 Å². The average Bonchev–Trinajstić information content (AvgIpc) is 2.24. The minimum absolute atomic E-state index is 0.696. The lowest BCUT2D eigenvalue weighted by molar-refractivity contribution is 0.390. The Labute approximate surface area is 100 Å². The van der Waals surface area contributed by atoms with E-state index < -0.39 is 0 Å². The summed E-state index contributed by atoms with van der Waals surface area (Å²) < 4.78 is 0. The number of hydrogen-bond donors (Lipinski definition) is 0. The third-order valence-electron chi connectivity index (χ3n) is 3.72. The molecule has 0 spiro atoms. The predicted octanol–water partition coefficient (Wildman–Crippen LogP) is 5.06. The second-order valence-corrected chi connectivity index (χ2v) is 5.02. The van der Waals surface area contributed by atoms with Crippen LogP contribution in [0.5, 0.6) is 0 Å². The highest BCUT2D eigenvalue weighted by Gasteiger charge is 2.21. The van der Waals surface area contributed by atoms with Gasteiger partial charge in [-0.3, -0.25) is 0 Å². The molecule has 0 saturated carbocycles. The van der Waals surface area contributed by atoms with Crippen LogP contribution in [0.2, 0.25) is 0 Å². The summed E-state index contributed by atoms with van der Waals surface area (Å²) in [6.45, 7) is 12.8. The van der Waals surface area contributed by atoms with E-state index in [2.05, 4.69) is 46.4 Å². The monoisotopic (exact) mass is 216 g/mol. The van der Waals surface area contributed by atoms with E-state index in [0.717, 1.165) is 5.92 Å². The maximum absolute atomic E-state index is 3.72. The fourth-order valence-corrected chi connectivity index (χ4v) is 2.29. The van der Waals surface area contributed by atoms with Crippen LogP contribution in [0.1, 0.15) is 40.5 Å². The minimum atomic E-state index is 0.696. The summed E-state index contributed by atoms with van der Waals surface area (Å²) in [5, 5.41) is 0. The van der Waals surface area contributed by atoms with Gasteiger partial charge in [-0.05, 0) is 44.1 Å². The molecule has 0 saturated heterocycles. The highest BCUT2D eigenvalue weighted by Crippen LogP contribution is 2.34. The van der Waals surface area contributed by atoms with Crippen LogP contribution >= 0.6 is 0 Å². The summed E-state index contributed by atoms with van der Waals surface area (Å²) in [6.07, 6.45) is 11.0. The first-order valence-corrected chi connectivity index (χ1v) is 6.23. The number of allylic oxidation sites excluding steroid dienone is 7. The summed E-state index contributed by atoms with van der Waals surface area (Å²) in [7, 11) is 0. The van der Waals surface area contributed by atoms with Gasteiger partial charge in [-0.1, -0.05) is 55.9 Å². The van der Waals surface area contributed by atoms with Gasteiger partial charge in [-0.15, -0.1) is 0 Å². The fourth-order valence-electron chi connectivity index (χ4n) is 2.29. The van der Waals surface area contributed by atoms with Gasteiger partial charge in [0.1, 0.15) is 0 Å². The Bertz CT molecular complexity index is 339. The van der Waals surface area contributed by atoms with Crippen LogP contribution in [0.15, 0.2) is 47.6 Å². The van der Waals surface area contributed by atoms with Crippen molar-refractivity contribution in [1.29, 1.82) is 0 Å². The fraction of sp³-hybridized carbons (Fsp3) is 0.500. The maximum atomic E-state index is 3.72. The normalized spacial score (nSPS) is 27.6. The van der Waals surface area contributed by atoms with Crippen LogP contribution in [0.4, 0.5) is 0 Å². The first-order valence-electron chi connectivity index (χ1n) is 6.23. The predicted molar refractivity (Wildman–Crippen MR) is 73.4 cm³/mol. The Balaban J connectivity index is 2.86. The maximum Gasteiger partial charge on any atom is -0.0165 e. The molecule has 0 bridgehead atoms. The van der Waals surface area contributed by atoms with Crippen LogP contribution in [-0.2, 0) is 0 Å². The second kappa shape index (κ2) is 5.89. The molecule has 0 nitrogen and oxygen atoms in total. The number of rotatable bonds is 3. The van der Waals surface area contributed by atoms with Crippen molar-refractivity contribution < 1.29 is 0 Å². The van der Waals surface area contributed by atoms with Crippen molar-refractivity contribution in [1.82, 2.24) is 0 Å². The van der Waals surface area contributed by atoms with E-state index in [1.165, 1.54) is 24.0 Å². The zero-order chi connectivity index (χ0) is 12.1. The van der Waals surface area contributed by atoms with Crippen LogP contribution < -0.4 is 0 Å². The summed E-state index contributed by atoms with van der Waals surface area (Å²) in [6, 6.07) is 0. The van der Waals surface area contributed by atoms with Crippen molar-refractivity contribution in [2.45, 2.75) is 40.5 Å². The molecule has 0 aromatic heterocycles. The lowest BCUT2D eigenvalue weighted by Gasteiger charge is -2.28. The number of hydrogen-bond acceptors (Lipinski definition) is 0. The lowest BCUT2D eigenvalue weighted by Crippen LogP contribution is -2.16. The van der Waals surface area contributed by atoms with Gasteiger partial charge in [-0.2, -0.15) is 0 Å². The first-order chi connectivity index (χ1) is 7.56. The third-order valence-corrected chi connectivity index (χ3v) is 3.72. The average molecular weight is 216 g/mol. The molecule has 0 fully saturated rings. The molecule has 88 valence electrons. The van der Waals surface area contributed by atoms with Crippen molar-refractivity contribution in [3.05, 3.63) is 47.6 Å². The molecule has 1 rings (SSSR count). The minimum Gasteiger partial charge on any atom is -0.0991 e. The highest BCUT2D eigenvalue weighted by atomic mass is 14.3. The summed E-state index contributed by atoms with van der Waals surface area (Å²) >= 11 is 0. The zero-order valence-corrected chi connectivity index (χ0v) is 11.1. The van der Waals surface area contributed by atoms with Crippen molar-refractivity contribution in [3.8, 4) is 0 Å². The molecule has 16 heavy (non-hydrogen) atoms. The molecule has 0 aromatic carbocycles. The van der Waals surface area contributed by atoms with Gasteiger partial charge in [0.05, 0.1) is 0 Å². The quantitative estimate of drug-likeness (QED) is 0.579. The Kier molecular flexibility index (Phi) is 4.79. The van der Waals surface area contributed by atoms with Crippen molar-refractivity contribution >= 4 is 0 Å². The molecule has 0 aromatic rings. The molecule has 0 radical (unpaired) electrons. The largest absolute Gasteiger partial charge is 0.0991 e. The zero-order valence-electron chi connectivity index (χ0n) is 11.1. The molecule has 0 heteroatoms. The van der Waals surface area contributed by atoms with Crippen LogP contribution in [0.3, 0.4) is 0 Å². The van der Waals surface area contributed by atoms with Crippen LogP contribution in [0, 0.1) is 11.8 Å². The van der Waals surface area contributed by atoms with Gasteiger partial charge in [-0.25, -0.2) is 0 Å². The third kappa shape index (κ3) is 3.23. The first kappa shape index (κ1) is 13.0. The highest BCUT2D eigenvalue weighted by molar-refractivity contribution is 5.34. The Morgan fingerprint density at radius 1 is 1.38 bits per heavy atom. The van der Waals surface area contributed by atoms with Gasteiger partial charge >= 0.3 is 0 Å². The molecule has 0 aliphatic heterocycles. The molecule has 1 aliphatic carbocycles. The molecule has 1 aliphatic rings. The topological polar surface area (TPSA) is 0 Å². The Hall–Kier alpha value is -1.04. The smallest absolute Gasteiger partial charge is 0.0165 e. The molecular weight excluding hydrogens is 192 g/mol. The summed E-state index contributed by atoms with van der Waals surface area (Å²) in [5.74, 6) is 1.51. The molecule has 0 N–H and O–H groups in total. The van der Waals surface area contributed by atoms with E-state index in [1.54, 1.807) is 5.57 Å². The van der Waals surface area contributed by atoms with Gasteiger partial charge in [0.25, 0.3) is 0 Å². The van der Waals surface area contributed by atoms with Gasteiger partial charge in [0.15, 0.2) is 0 Å².